The molecule has 4 N–H and O–H groups in total. The summed E-state index contributed by atoms with van der Waals surface area (Å²) in [6.07, 6.45) is 2.27. The van der Waals surface area contributed by atoms with E-state index in [-0.39, 0.29) is 0 Å². The fourth-order valence-corrected chi connectivity index (χ4v) is 4.41. The molecule has 0 aliphatic heterocycles. The highest BCUT2D eigenvalue weighted by atomic mass is 32.4. The number of hydrogen-bond donors (Lipinski definition) is 3. The third kappa shape index (κ3) is 5.85. The lowest BCUT2D eigenvalue weighted by atomic mass is 9.99. The van der Waals surface area contributed by atoms with Crippen LogP contribution in [0.2, 0.25) is 0 Å². The summed E-state index contributed by atoms with van der Waals surface area (Å²) in [5.41, 5.74) is 10.9. The second-order valence-electron chi connectivity index (χ2n) is 6.74. The molecule has 0 amide bonds. The van der Waals surface area contributed by atoms with Gasteiger partial charge in [0.15, 0.2) is 6.49 Å². The van der Waals surface area contributed by atoms with Crippen LogP contribution in [0.4, 0.5) is 11.4 Å². The molecule has 0 heterocycles. The smallest absolute Gasteiger partial charge is 0.183 e. The van der Waals surface area contributed by atoms with Crippen molar-refractivity contribution in [2.75, 3.05) is 10.2 Å². The molecule has 0 radical (unpaired) electrons. The highest BCUT2D eigenvalue weighted by Crippen LogP contribution is 2.38. The minimum atomic E-state index is -2.39. The third-order valence-electron chi connectivity index (χ3n) is 4.77. The van der Waals surface area contributed by atoms with Gasteiger partial charge in [-0.05, 0) is 71.9 Å². The van der Waals surface area contributed by atoms with E-state index in [1.807, 2.05) is 0 Å². The van der Waals surface area contributed by atoms with Crippen molar-refractivity contribution in [1.29, 1.82) is 0 Å². The molecule has 2 rings (SSSR count). The zero-order valence-electron chi connectivity index (χ0n) is 15.6. The second kappa shape index (κ2) is 8.84. The summed E-state index contributed by atoms with van der Waals surface area (Å²) < 4.78 is 0. The van der Waals surface area contributed by atoms with Crippen LogP contribution in [0.15, 0.2) is 48.5 Å². The highest BCUT2D eigenvalue weighted by molar-refractivity contribution is 8.14. The summed E-state index contributed by atoms with van der Waals surface area (Å²) in [6, 6.07) is 16.8. The summed E-state index contributed by atoms with van der Waals surface area (Å²) in [6.45, 7) is 6.48. The largest absolute Gasteiger partial charge is 0.331 e. The molecule has 0 aliphatic rings. The van der Waals surface area contributed by atoms with E-state index in [0.29, 0.717) is 11.8 Å². The van der Waals surface area contributed by atoms with Crippen LogP contribution < -0.4 is 15.7 Å². The molecule has 136 valence electrons. The summed E-state index contributed by atoms with van der Waals surface area (Å²) in [4.78, 5) is 0. The monoisotopic (exact) mass is 375 g/mol. The number of nitrogens with two attached hydrogens (primary N) is 1. The van der Waals surface area contributed by atoms with Gasteiger partial charge < -0.3 is 10.2 Å². The Morgan fingerprint density at radius 1 is 0.800 bits per heavy atom. The molecule has 25 heavy (non-hydrogen) atoms. The van der Waals surface area contributed by atoms with Gasteiger partial charge in [-0.15, -0.1) is 0 Å². The standard InChI is InChI=1S/C20H30N3PS/c1-5-15(3)17-7-11-19(12-8-17)22-24(21,25)23-20-13-9-18(10-14-20)16(4)6-2/h7-16H,5-6H2,1-4H3,(H4,21,22,23,25). The minimum absolute atomic E-state index is 0.567. The van der Waals surface area contributed by atoms with Gasteiger partial charge in [-0.3, -0.25) is 5.50 Å². The molecule has 3 nitrogen and oxygen atoms in total. The first-order chi connectivity index (χ1) is 11.8. The fraction of sp³-hybridized carbons (Fsp3) is 0.400. The molecule has 0 spiro atoms. The van der Waals surface area contributed by atoms with E-state index >= 15 is 0 Å². The second-order valence-corrected chi connectivity index (χ2v) is 10.2. The molecule has 0 saturated heterocycles. The van der Waals surface area contributed by atoms with Crippen LogP contribution in [0.1, 0.15) is 63.5 Å². The predicted octanol–water partition coefficient (Wildman–Crippen LogP) is 6.42. The van der Waals surface area contributed by atoms with Gasteiger partial charge in [0.25, 0.3) is 0 Å². The maximum atomic E-state index is 6.33. The molecule has 0 saturated carbocycles. The number of nitrogens with one attached hydrogen (secondary N) is 2. The Morgan fingerprint density at radius 3 is 1.40 bits per heavy atom. The lowest BCUT2D eigenvalue weighted by Crippen LogP contribution is -2.13. The van der Waals surface area contributed by atoms with Gasteiger partial charge in [0.2, 0.25) is 0 Å². The Bertz CT molecular complexity index is 653. The van der Waals surface area contributed by atoms with Crippen molar-refractivity contribution in [3.8, 4) is 0 Å². The lowest BCUT2D eigenvalue weighted by Gasteiger charge is -2.22. The average Bonchev–Trinajstić information content (AvgIpc) is 2.61. The van der Waals surface area contributed by atoms with Crippen molar-refractivity contribution in [3.63, 3.8) is 0 Å². The van der Waals surface area contributed by atoms with Gasteiger partial charge in [-0.2, -0.15) is 0 Å². The SMILES string of the molecule is CCC(C)c1ccc(NP(N)(=S)Nc2ccc(C(C)CC)cc2)cc1. The zero-order valence-corrected chi connectivity index (χ0v) is 17.3. The van der Waals surface area contributed by atoms with Crippen LogP contribution in [-0.2, 0) is 11.8 Å². The van der Waals surface area contributed by atoms with Crippen molar-refractivity contribution >= 4 is 29.7 Å². The van der Waals surface area contributed by atoms with Crippen molar-refractivity contribution in [2.45, 2.75) is 52.4 Å². The van der Waals surface area contributed by atoms with E-state index in [9.17, 15) is 0 Å². The molecular formula is C20H30N3PS. The number of benzene rings is 2. The minimum Gasteiger partial charge on any atom is -0.331 e. The van der Waals surface area contributed by atoms with E-state index in [2.05, 4.69) is 86.4 Å². The maximum Gasteiger partial charge on any atom is 0.183 e. The molecule has 0 aliphatic carbocycles. The summed E-state index contributed by atoms with van der Waals surface area (Å²) in [7, 11) is 0. The average molecular weight is 376 g/mol. The molecule has 0 fully saturated rings. The van der Waals surface area contributed by atoms with Crippen molar-refractivity contribution in [1.82, 2.24) is 0 Å². The molecular weight excluding hydrogens is 345 g/mol. The Labute approximate surface area is 157 Å². The molecule has 2 unspecified atom stereocenters. The van der Waals surface area contributed by atoms with Crippen LogP contribution >= 0.6 is 6.49 Å². The number of hydrogen-bond acceptors (Lipinski definition) is 1. The first-order valence-electron chi connectivity index (χ1n) is 8.99. The third-order valence-corrected chi connectivity index (χ3v) is 6.50. The predicted molar refractivity (Wildman–Crippen MR) is 116 cm³/mol. The summed E-state index contributed by atoms with van der Waals surface area (Å²) >= 11 is 5.59. The summed E-state index contributed by atoms with van der Waals surface area (Å²) in [5, 5.41) is 6.58. The highest BCUT2D eigenvalue weighted by Gasteiger charge is 2.12. The van der Waals surface area contributed by atoms with Crippen molar-refractivity contribution in [3.05, 3.63) is 59.7 Å². The quantitative estimate of drug-likeness (QED) is 0.466. The Morgan fingerprint density at radius 2 is 1.12 bits per heavy atom. The molecule has 2 aromatic carbocycles. The van der Waals surface area contributed by atoms with Crippen LogP contribution in [0.25, 0.3) is 0 Å². The van der Waals surface area contributed by atoms with E-state index in [0.717, 1.165) is 24.2 Å². The first kappa shape index (κ1) is 20.0. The lowest BCUT2D eigenvalue weighted by molar-refractivity contribution is 0.734. The van der Waals surface area contributed by atoms with E-state index < -0.39 is 6.49 Å². The van der Waals surface area contributed by atoms with Crippen LogP contribution in [0.3, 0.4) is 0 Å². The normalized spacial score (nSPS) is 15.9. The molecule has 0 bridgehead atoms. The van der Waals surface area contributed by atoms with Gasteiger partial charge >= 0.3 is 0 Å². The maximum absolute atomic E-state index is 6.33. The van der Waals surface area contributed by atoms with Gasteiger partial charge in [-0.25, -0.2) is 0 Å². The zero-order chi connectivity index (χ0) is 18.4. The van der Waals surface area contributed by atoms with E-state index in [1.54, 1.807) is 0 Å². The van der Waals surface area contributed by atoms with Gasteiger partial charge in [0.05, 0.1) is 0 Å². The van der Waals surface area contributed by atoms with E-state index in [4.69, 9.17) is 17.3 Å². The Kier molecular flexibility index (Phi) is 7.06. The van der Waals surface area contributed by atoms with E-state index in [1.165, 1.54) is 11.1 Å². The molecule has 0 aromatic heterocycles. The fourth-order valence-electron chi connectivity index (χ4n) is 2.66. The van der Waals surface area contributed by atoms with Crippen molar-refractivity contribution < 1.29 is 0 Å². The molecule has 2 atom stereocenters. The van der Waals surface area contributed by atoms with Gasteiger partial charge in [0, 0.05) is 11.4 Å². The van der Waals surface area contributed by atoms with Crippen LogP contribution in [0, 0.1) is 0 Å². The van der Waals surface area contributed by atoms with Crippen LogP contribution in [0.5, 0.6) is 0 Å². The van der Waals surface area contributed by atoms with Crippen molar-refractivity contribution in [2.24, 2.45) is 5.50 Å². The van der Waals surface area contributed by atoms with Gasteiger partial charge in [-0.1, -0.05) is 52.0 Å². The first-order valence-corrected chi connectivity index (χ1v) is 11.9. The topological polar surface area (TPSA) is 50.1 Å². The Hall–Kier alpha value is -1.35. The van der Waals surface area contributed by atoms with Crippen LogP contribution in [-0.4, -0.2) is 0 Å². The Balaban J connectivity index is 2.02. The number of anilines is 2. The number of rotatable bonds is 8. The van der Waals surface area contributed by atoms with Gasteiger partial charge in [0.1, 0.15) is 0 Å². The summed E-state index contributed by atoms with van der Waals surface area (Å²) in [5.74, 6) is 1.13. The molecule has 5 heteroatoms. The molecule has 2 aromatic rings.